The summed E-state index contributed by atoms with van der Waals surface area (Å²) in [6.45, 7) is 0.506. The minimum atomic E-state index is -0.437. The molecule has 0 amide bonds. The van der Waals surface area contributed by atoms with Gasteiger partial charge in [-0.2, -0.15) is 0 Å². The van der Waals surface area contributed by atoms with Crippen molar-refractivity contribution < 1.29 is 9.18 Å². The molecule has 0 aromatic heterocycles. The zero-order valence-corrected chi connectivity index (χ0v) is 10.3. The zero-order valence-electron chi connectivity index (χ0n) is 9.51. The highest BCUT2D eigenvalue weighted by atomic mass is 35.5. The lowest BCUT2D eigenvalue weighted by Gasteiger charge is -2.40. The Morgan fingerprint density at radius 3 is 2.71 bits per heavy atom. The Labute approximate surface area is 105 Å². The van der Waals surface area contributed by atoms with E-state index in [9.17, 15) is 9.18 Å². The lowest BCUT2D eigenvalue weighted by molar-refractivity contribution is 0.0785. The molecule has 1 aromatic rings. The number of rotatable bonds is 4. The third-order valence-electron chi connectivity index (χ3n) is 3.61. The van der Waals surface area contributed by atoms with E-state index in [1.165, 1.54) is 18.2 Å². The molecular formula is C13H15ClFNO. The van der Waals surface area contributed by atoms with Gasteiger partial charge in [0.05, 0.1) is 5.02 Å². The lowest BCUT2D eigenvalue weighted by atomic mass is 9.65. The van der Waals surface area contributed by atoms with Crippen LogP contribution in [0.1, 0.15) is 36.0 Å². The van der Waals surface area contributed by atoms with Gasteiger partial charge in [0, 0.05) is 12.0 Å². The van der Waals surface area contributed by atoms with Crippen LogP contribution in [-0.2, 0) is 0 Å². The molecule has 1 aliphatic rings. The molecule has 0 unspecified atom stereocenters. The van der Waals surface area contributed by atoms with Gasteiger partial charge in [-0.15, -0.1) is 0 Å². The Morgan fingerprint density at radius 1 is 1.47 bits per heavy atom. The quantitative estimate of drug-likeness (QED) is 0.840. The minimum Gasteiger partial charge on any atom is -0.330 e. The van der Waals surface area contributed by atoms with Crippen LogP contribution in [0.2, 0.25) is 5.02 Å². The molecule has 2 N–H and O–H groups in total. The molecular weight excluding hydrogens is 241 g/mol. The van der Waals surface area contributed by atoms with Gasteiger partial charge in [0.25, 0.3) is 0 Å². The molecule has 92 valence electrons. The van der Waals surface area contributed by atoms with Crippen molar-refractivity contribution in [3.8, 4) is 0 Å². The van der Waals surface area contributed by atoms with Crippen LogP contribution in [-0.4, -0.2) is 12.3 Å². The zero-order chi connectivity index (χ0) is 12.5. The van der Waals surface area contributed by atoms with Crippen molar-refractivity contribution in [3.63, 3.8) is 0 Å². The molecule has 2 rings (SSSR count). The Kier molecular flexibility index (Phi) is 3.50. The van der Waals surface area contributed by atoms with Crippen molar-refractivity contribution in [2.24, 2.45) is 11.1 Å². The van der Waals surface area contributed by atoms with Gasteiger partial charge in [0.15, 0.2) is 5.78 Å². The van der Waals surface area contributed by atoms with Crippen molar-refractivity contribution in [1.29, 1.82) is 0 Å². The average molecular weight is 256 g/mol. The first-order chi connectivity index (χ1) is 8.06. The number of Topliss-reactive ketones (excluding diaryl/α,β-unsaturated/α-hetero) is 1. The van der Waals surface area contributed by atoms with Crippen LogP contribution in [0.4, 0.5) is 4.39 Å². The van der Waals surface area contributed by atoms with E-state index in [-0.39, 0.29) is 16.8 Å². The Bertz CT molecular complexity index is 438. The summed E-state index contributed by atoms with van der Waals surface area (Å²) in [5.41, 5.74) is 5.90. The Hall–Kier alpha value is -0.930. The fraction of sp³-hybridized carbons (Fsp3) is 0.462. The molecule has 0 aliphatic heterocycles. The molecule has 2 nitrogen and oxygen atoms in total. The van der Waals surface area contributed by atoms with Crippen molar-refractivity contribution in [3.05, 3.63) is 34.6 Å². The molecule has 4 heteroatoms. The van der Waals surface area contributed by atoms with E-state index in [0.29, 0.717) is 18.0 Å². The number of halogens is 2. The van der Waals surface area contributed by atoms with Gasteiger partial charge in [-0.05, 0) is 43.0 Å². The molecule has 1 saturated carbocycles. The number of hydrogen-bond donors (Lipinski definition) is 1. The highest BCUT2D eigenvalue weighted by molar-refractivity contribution is 6.33. The second-order valence-corrected chi connectivity index (χ2v) is 5.19. The molecule has 0 bridgehead atoms. The third-order valence-corrected chi connectivity index (χ3v) is 3.94. The standard InChI is InChI=1S/C13H15ClFNO/c14-11-3-2-9(15)6-10(11)12(17)7-13(8-16)4-1-5-13/h2-3,6H,1,4-5,7-8,16H2. The van der Waals surface area contributed by atoms with Crippen LogP contribution >= 0.6 is 11.6 Å². The highest BCUT2D eigenvalue weighted by Gasteiger charge is 2.37. The molecule has 0 radical (unpaired) electrons. The number of benzene rings is 1. The first-order valence-electron chi connectivity index (χ1n) is 5.75. The van der Waals surface area contributed by atoms with Crippen LogP contribution in [0.15, 0.2) is 18.2 Å². The van der Waals surface area contributed by atoms with Crippen molar-refractivity contribution in [1.82, 2.24) is 0 Å². The summed E-state index contributed by atoms with van der Waals surface area (Å²) in [4.78, 5) is 12.1. The summed E-state index contributed by atoms with van der Waals surface area (Å²) >= 11 is 5.91. The maximum Gasteiger partial charge on any atom is 0.165 e. The predicted octanol–water partition coefficient (Wildman–Crippen LogP) is 3.18. The van der Waals surface area contributed by atoms with Gasteiger partial charge in [0.2, 0.25) is 0 Å². The van der Waals surface area contributed by atoms with Gasteiger partial charge >= 0.3 is 0 Å². The largest absolute Gasteiger partial charge is 0.330 e. The first-order valence-corrected chi connectivity index (χ1v) is 6.12. The fourth-order valence-electron chi connectivity index (χ4n) is 2.28. The average Bonchev–Trinajstić information content (AvgIpc) is 2.26. The van der Waals surface area contributed by atoms with Crippen molar-refractivity contribution in [2.75, 3.05) is 6.54 Å². The Morgan fingerprint density at radius 2 is 2.18 bits per heavy atom. The van der Waals surface area contributed by atoms with Gasteiger partial charge in [-0.25, -0.2) is 4.39 Å². The van der Waals surface area contributed by atoms with E-state index < -0.39 is 5.82 Å². The topological polar surface area (TPSA) is 43.1 Å². The van der Waals surface area contributed by atoms with E-state index >= 15 is 0 Å². The van der Waals surface area contributed by atoms with E-state index in [4.69, 9.17) is 17.3 Å². The van der Waals surface area contributed by atoms with Crippen LogP contribution in [0, 0.1) is 11.2 Å². The summed E-state index contributed by atoms with van der Waals surface area (Å²) in [6.07, 6.45) is 3.43. The van der Waals surface area contributed by atoms with Gasteiger partial charge in [-0.3, -0.25) is 4.79 Å². The number of hydrogen-bond acceptors (Lipinski definition) is 2. The third kappa shape index (κ3) is 2.50. The van der Waals surface area contributed by atoms with E-state index in [1.54, 1.807) is 0 Å². The maximum atomic E-state index is 13.1. The van der Waals surface area contributed by atoms with Crippen LogP contribution in [0.5, 0.6) is 0 Å². The summed E-state index contributed by atoms with van der Waals surface area (Å²) in [7, 11) is 0. The van der Waals surface area contributed by atoms with Crippen LogP contribution in [0.3, 0.4) is 0 Å². The maximum absolute atomic E-state index is 13.1. The van der Waals surface area contributed by atoms with Crippen LogP contribution < -0.4 is 5.73 Å². The molecule has 1 aromatic carbocycles. The van der Waals surface area contributed by atoms with Crippen molar-refractivity contribution >= 4 is 17.4 Å². The SMILES string of the molecule is NCC1(CC(=O)c2cc(F)ccc2Cl)CCC1. The van der Waals surface area contributed by atoms with E-state index in [2.05, 4.69) is 0 Å². The molecule has 0 spiro atoms. The second-order valence-electron chi connectivity index (χ2n) is 4.78. The fourth-order valence-corrected chi connectivity index (χ4v) is 2.50. The second kappa shape index (κ2) is 4.75. The molecule has 0 atom stereocenters. The summed E-state index contributed by atoms with van der Waals surface area (Å²) in [5, 5.41) is 0.308. The monoisotopic (exact) mass is 255 g/mol. The summed E-state index contributed by atoms with van der Waals surface area (Å²) < 4.78 is 13.1. The predicted molar refractivity (Wildman–Crippen MR) is 65.7 cm³/mol. The highest BCUT2D eigenvalue weighted by Crippen LogP contribution is 2.43. The summed E-state index contributed by atoms with van der Waals surface area (Å²) in [6, 6.07) is 3.87. The van der Waals surface area contributed by atoms with Gasteiger partial charge < -0.3 is 5.73 Å². The van der Waals surface area contributed by atoms with Crippen LogP contribution in [0.25, 0.3) is 0 Å². The van der Waals surface area contributed by atoms with Gasteiger partial charge in [-0.1, -0.05) is 18.0 Å². The lowest BCUT2D eigenvalue weighted by Crippen LogP contribution is -2.39. The normalized spacial score (nSPS) is 17.6. The van der Waals surface area contributed by atoms with Crippen molar-refractivity contribution in [2.45, 2.75) is 25.7 Å². The Balaban J connectivity index is 2.17. The molecule has 1 fully saturated rings. The van der Waals surface area contributed by atoms with Gasteiger partial charge in [0.1, 0.15) is 5.82 Å². The molecule has 17 heavy (non-hydrogen) atoms. The van der Waals surface area contributed by atoms with E-state index in [0.717, 1.165) is 19.3 Å². The number of carbonyl (C=O) groups excluding carboxylic acids is 1. The number of carbonyl (C=O) groups is 1. The molecule has 0 heterocycles. The molecule has 1 aliphatic carbocycles. The minimum absolute atomic E-state index is 0.0767. The van der Waals surface area contributed by atoms with E-state index in [1.807, 2.05) is 0 Å². The summed E-state index contributed by atoms with van der Waals surface area (Å²) in [5.74, 6) is -0.548. The number of ketones is 1. The molecule has 0 saturated heterocycles. The first kappa shape index (κ1) is 12.5. The number of nitrogens with two attached hydrogens (primary N) is 1. The smallest absolute Gasteiger partial charge is 0.165 e.